The average Bonchev–Trinajstić information content (AvgIpc) is 2.67. The van der Waals surface area contributed by atoms with E-state index < -0.39 is 0 Å². The summed E-state index contributed by atoms with van der Waals surface area (Å²) in [6.07, 6.45) is 1.93. The fraction of sp³-hybridized carbons (Fsp3) is 0.143. The Morgan fingerprint density at radius 2 is 1.86 bits per heavy atom. The molecule has 0 radical (unpaired) electrons. The Bertz CT molecular complexity index is 1090. The zero-order chi connectivity index (χ0) is 19.7. The van der Waals surface area contributed by atoms with Crippen molar-refractivity contribution in [2.24, 2.45) is 0 Å². The third kappa shape index (κ3) is 3.68. The summed E-state index contributed by atoms with van der Waals surface area (Å²) in [4.78, 5) is 40.0. The first kappa shape index (κ1) is 17.7. The molecule has 2 heterocycles. The molecule has 1 aliphatic heterocycles. The number of aromatic hydroxyl groups is 1. The minimum absolute atomic E-state index is 0.115. The Balaban J connectivity index is 1.54. The number of hydrogen-bond donors (Lipinski definition) is 3. The topological polar surface area (TPSA) is 108 Å². The van der Waals surface area contributed by atoms with Gasteiger partial charge in [-0.2, -0.15) is 0 Å². The molecule has 140 valence electrons. The van der Waals surface area contributed by atoms with Crippen LogP contribution in [0.25, 0.3) is 10.9 Å². The zero-order valence-corrected chi connectivity index (χ0v) is 14.8. The van der Waals surface area contributed by atoms with Crippen LogP contribution >= 0.6 is 0 Å². The van der Waals surface area contributed by atoms with Crippen LogP contribution in [0.5, 0.6) is 5.75 Å². The Hall–Kier alpha value is -3.74. The summed E-state index contributed by atoms with van der Waals surface area (Å²) >= 11 is 0. The molecule has 3 aromatic rings. The van der Waals surface area contributed by atoms with Gasteiger partial charge in [-0.05, 0) is 35.9 Å². The van der Waals surface area contributed by atoms with Crippen LogP contribution in [0.2, 0.25) is 0 Å². The van der Waals surface area contributed by atoms with Crippen LogP contribution in [-0.2, 0) is 9.59 Å². The maximum Gasteiger partial charge on any atom is 0.257 e. The maximum atomic E-state index is 12.6. The summed E-state index contributed by atoms with van der Waals surface area (Å²) in [5, 5.41) is 15.4. The van der Waals surface area contributed by atoms with Crippen molar-refractivity contribution >= 4 is 34.3 Å². The number of carbonyl (C=O) groups is 3. The van der Waals surface area contributed by atoms with Gasteiger partial charge >= 0.3 is 0 Å². The van der Waals surface area contributed by atoms with Crippen LogP contribution in [0, 0.1) is 0 Å². The van der Waals surface area contributed by atoms with E-state index in [1.165, 1.54) is 18.3 Å². The molecule has 3 amide bonds. The number of aromatic nitrogens is 1. The number of fused-ring (bicyclic) bond motifs is 1. The number of amides is 3. The molecule has 2 aromatic carbocycles. The van der Waals surface area contributed by atoms with Crippen molar-refractivity contribution in [2.45, 2.75) is 18.8 Å². The number of piperidine rings is 1. The average molecular weight is 375 g/mol. The van der Waals surface area contributed by atoms with Gasteiger partial charge in [0.1, 0.15) is 5.75 Å². The first-order valence-electron chi connectivity index (χ1n) is 8.81. The first-order valence-corrected chi connectivity index (χ1v) is 8.81. The number of imide groups is 1. The largest absolute Gasteiger partial charge is 0.508 e. The van der Waals surface area contributed by atoms with Gasteiger partial charge in [0.15, 0.2) is 0 Å². The highest BCUT2D eigenvalue weighted by atomic mass is 16.3. The number of benzene rings is 2. The molecule has 7 nitrogen and oxygen atoms in total. The molecule has 1 saturated heterocycles. The minimum Gasteiger partial charge on any atom is -0.508 e. The van der Waals surface area contributed by atoms with Gasteiger partial charge in [0.2, 0.25) is 11.8 Å². The Morgan fingerprint density at radius 1 is 1.07 bits per heavy atom. The number of rotatable bonds is 3. The first-order chi connectivity index (χ1) is 13.5. The smallest absolute Gasteiger partial charge is 0.257 e. The summed E-state index contributed by atoms with van der Waals surface area (Å²) in [6, 6.07) is 13.6. The van der Waals surface area contributed by atoms with Crippen molar-refractivity contribution in [1.29, 1.82) is 0 Å². The monoisotopic (exact) mass is 375 g/mol. The Labute approximate surface area is 160 Å². The molecule has 7 heteroatoms. The molecule has 1 aromatic heterocycles. The summed E-state index contributed by atoms with van der Waals surface area (Å²) in [6.45, 7) is 0. The molecule has 0 saturated carbocycles. The van der Waals surface area contributed by atoms with Crippen molar-refractivity contribution in [1.82, 2.24) is 10.3 Å². The number of nitrogens with zero attached hydrogens (tertiary/aromatic N) is 1. The standard InChI is InChI=1S/C21H17N3O4/c25-17-5-4-13-6-15(11-22-18(13)10-17)21(28)23-16-3-1-2-12(7-16)14-8-19(26)24-20(27)9-14/h1-7,10-11,14,25H,8-9H2,(H,23,28)(H,24,26,27). The van der Waals surface area contributed by atoms with Gasteiger partial charge < -0.3 is 10.4 Å². The van der Waals surface area contributed by atoms with Gasteiger partial charge in [0, 0.05) is 42.1 Å². The number of anilines is 1. The van der Waals surface area contributed by atoms with Crippen LogP contribution in [0.4, 0.5) is 5.69 Å². The fourth-order valence-electron chi connectivity index (χ4n) is 3.32. The Kier molecular flexibility index (Phi) is 4.49. The lowest BCUT2D eigenvalue weighted by atomic mass is 9.89. The van der Waals surface area contributed by atoms with Crippen molar-refractivity contribution < 1.29 is 19.5 Å². The number of nitrogens with one attached hydrogen (secondary N) is 2. The number of carbonyl (C=O) groups excluding carboxylic acids is 3. The van der Waals surface area contributed by atoms with Crippen LogP contribution in [0.15, 0.2) is 54.7 Å². The molecule has 3 N–H and O–H groups in total. The fourth-order valence-corrected chi connectivity index (χ4v) is 3.32. The van der Waals surface area contributed by atoms with E-state index in [1.54, 1.807) is 30.3 Å². The van der Waals surface area contributed by atoms with E-state index in [4.69, 9.17) is 0 Å². The predicted molar refractivity (Wildman–Crippen MR) is 103 cm³/mol. The van der Waals surface area contributed by atoms with Gasteiger partial charge in [-0.3, -0.25) is 24.7 Å². The molecule has 0 aliphatic carbocycles. The molecule has 28 heavy (non-hydrogen) atoms. The molecule has 0 bridgehead atoms. The number of pyridine rings is 1. The van der Waals surface area contributed by atoms with Crippen molar-refractivity contribution in [3.05, 3.63) is 65.9 Å². The van der Waals surface area contributed by atoms with Crippen LogP contribution in [0.1, 0.15) is 34.7 Å². The van der Waals surface area contributed by atoms with E-state index >= 15 is 0 Å². The zero-order valence-electron chi connectivity index (χ0n) is 14.8. The third-order valence-electron chi connectivity index (χ3n) is 4.69. The van der Waals surface area contributed by atoms with Crippen molar-refractivity contribution in [3.63, 3.8) is 0 Å². The molecular formula is C21H17N3O4. The van der Waals surface area contributed by atoms with Gasteiger partial charge in [-0.1, -0.05) is 12.1 Å². The number of phenolic OH excluding ortho intramolecular Hbond substituents is 1. The SMILES string of the molecule is O=C1CC(c2cccc(NC(=O)c3cnc4cc(O)ccc4c3)c2)CC(=O)N1. The molecule has 0 spiro atoms. The highest BCUT2D eigenvalue weighted by molar-refractivity contribution is 6.06. The molecule has 1 aliphatic rings. The second-order valence-corrected chi connectivity index (χ2v) is 6.76. The number of phenols is 1. The highest BCUT2D eigenvalue weighted by Crippen LogP contribution is 2.28. The van der Waals surface area contributed by atoms with Crippen LogP contribution < -0.4 is 10.6 Å². The summed E-state index contributed by atoms with van der Waals surface area (Å²) in [5.74, 6) is -0.984. The third-order valence-corrected chi connectivity index (χ3v) is 4.69. The van der Waals surface area contributed by atoms with E-state index in [-0.39, 0.29) is 42.2 Å². The maximum absolute atomic E-state index is 12.6. The van der Waals surface area contributed by atoms with Gasteiger partial charge in [0.05, 0.1) is 11.1 Å². The highest BCUT2D eigenvalue weighted by Gasteiger charge is 2.26. The second-order valence-electron chi connectivity index (χ2n) is 6.76. The van der Waals surface area contributed by atoms with Crippen LogP contribution in [0.3, 0.4) is 0 Å². The van der Waals surface area contributed by atoms with Gasteiger partial charge in [0.25, 0.3) is 5.91 Å². The summed E-state index contributed by atoms with van der Waals surface area (Å²) < 4.78 is 0. The van der Waals surface area contributed by atoms with E-state index in [2.05, 4.69) is 15.6 Å². The van der Waals surface area contributed by atoms with Crippen LogP contribution in [-0.4, -0.2) is 27.8 Å². The quantitative estimate of drug-likeness (QED) is 0.610. The Morgan fingerprint density at radius 3 is 2.64 bits per heavy atom. The normalized spacial score (nSPS) is 14.7. The molecule has 0 unspecified atom stereocenters. The number of hydrogen-bond acceptors (Lipinski definition) is 5. The van der Waals surface area contributed by atoms with E-state index in [9.17, 15) is 19.5 Å². The minimum atomic E-state index is -0.322. The summed E-state index contributed by atoms with van der Waals surface area (Å²) in [5.41, 5.74) is 2.38. The lowest BCUT2D eigenvalue weighted by molar-refractivity contribution is -0.133. The van der Waals surface area contributed by atoms with E-state index in [0.29, 0.717) is 16.8 Å². The molecule has 0 atom stereocenters. The summed E-state index contributed by atoms with van der Waals surface area (Å²) in [7, 11) is 0. The van der Waals surface area contributed by atoms with Gasteiger partial charge in [-0.25, -0.2) is 0 Å². The molecular weight excluding hydrogens is 358 g/mol. The van der Waals surface area contributed by atoms with Crippen molar-refractivity contribution in [3.8, 4) is 5.75 Å². The molecule has 1 fully saturated rings. The van der Waals surface area contributed by atoms with Crippen molar-refractivity contribution in [2.75, 3.05) is 5.32 Å². The lowest BCUT2D eigenvalue weighted by Crippen LogP contribution is -2.37. The van der Waals surface area contributed by atoms with E-state index in [0.717, 1.165) is 10.9 Å². The lowest BCUT2D eigenvalue weighted by Gasteiger charge is -2.21. The van der Waals surface area contributed by atoms with E-state index in [1.807, 2.05) is 6.07 Å². The second kappa shape index (κ2) is 7.11. The predicted octanol–water partition coefficient (Wildman–Crippen LogP) is 2.71. The van der Waals surface area contributed by atoms with Gasteiger partial charge in [-0.15, -0.1) is 0 Å². The molecule has 4 rings (SSSR count).